The second-order valence-electron chi connectivity index (χ2n) is 6.36. The molecule has 108 valence electrons. The second-order valence-corrected chi connectivity index (χ2v) is 6.36. The van der Waals surface area contributed by atoms with Crippen LogP contribution in [-0.4, -0.2) is 47.3 Å². The second kappa shape index (κ2) is 4.86. The van der Waals surface area contributed by atoms with Gasteiger partial charge in [-0.2, -0.15) is 0 Å². The number of rotatable bonds is 2. The highest BCUT2D eigenvalue weighted by Gasteiger charge is 2.40. The molecule has 1 N–H and O–H groups in total. The van der Waals surface area contributed by atoms with Crippen LogP contribution in [0.15, 0.2) is 24.3 Å². The van der Waals surface area contributed by atoms with Crippen LogP contribution in [0.3, 0.4) is 0 Å². The zero-order valence-electron chi connectivity index (χ0n) is 12.0. The van der Waals surface area contributed by atoms with E-state index in [9.17, 15) is 9.90 Å². The van der Waals surface area contributed by atoms with Crippen molar-refractivity contribution in [1.29, 1.82) is 0 Å². The van der Waals surface area contributed by atoms with Crippen molar-refractivity contribution in [3.8, 4) is 0 Å². The van der Waals surface area contributed by atoms with Crippen LogP contribution < -0.4 is 0 Å². The van der Waals surface area contributed by atoms with Gasteiger partial charge in [-0.1, -0.05) is 24.3 Å². The number of aliphatic hydroxyl groups is 1. The maximum Gasteiger partial charge on any atom is 0.230 e. The van der Waals surface area contributed by atoms with Crippen molar-refractivity contribution in [2.75, 3.05) is 19.7 Å². The molecule has 3 rings (SSSR count). The monoisotopic (exact) mass is 275 g/mol. The number of carbonyl (C=O) groups is 1. The summed E-state index contributed by atoms with van der Waals surface area (Å²) in [6.07, 6.45) is 0.550. The first-order valence-electron chi connectivity index (χ1n) is 7.15. The van der Waals surface area contributed by atoms with Crippen molar-refractivity contribution >= 4 is 5.91 Å². The molecular weight excluding hydrogens is 254 g/mol. The van der Waals surface area contributed by atoms with E-state index in [1.165, 1.54) is 5.56 Å². The fourth-order valence-electron chi connectivity index (χ4n) is 3.26. The van der Waals surface area contributed by atoms with E-state index in [4.69, 9.17) is 4.74 Å². The molecule has 1 saturated heterocycles. The predicted molar refractivity (Wildman–Crippen MR) is 75.5 cm³/mol. The Bertz CT molecular complexity index is 526. The summed E-state index contributed by atoms with van der Waals surface area (Å²) in [5.74, 6) is 0.151. The summed E-state index contributed by atoms with van der Waals surface area (Å²) < 4.78 is 5.76. The molecule has 0 spiro atoms. The lowest BCUT2D eigenvalue weighted by atomic mass is 9.76. The van der Waals surface area contributed by atoms with E-state index in [1.807, 2.05) is 36.9 Å². The summed E-state index contributed by atoms with van der Waals surface area (Å²) in [5.41, 5.74) is 2.03. The Kier molecular flexibility index (Phi) is 3.30. The minimum atomic E-state index is -0.398. The van der Waals surface area contributed by atoms with Gasteiger partial charge in [0, 0.05) is 13.1 Å². The highest BCUT2D eigenvalue weighted by molar-refractivity contribution is 5.87. The predicted octanol–water partition coefficient (Wildman–Crippen LogP) is 1.32. The normalized spacial score (nSPS) is 27.6. The largest absolute Gasteiger partial charge is 0.394 e. The molecule has 1 aliphatic heterocycles. The van der Waals surface area contributed by atoms with E-state index in [0.29, 0.717) is 13.1 Å². The molecule has 1 aromatic carbocycles. The summed E-state index contributed by atoms with van der Waals surface area (Å²) in [4.78, 5) is 14.5. The maximum atomic E-state index is 12.7. The molecule has 1 aromatic rings. The average molecular weight is 275 g/mol. The van der Waals surface area contributed by atoms with Gasteiger partial charge in [0.25, 0.3) is 0 Å². The van der Waals surface area contributed by atoms with Gasteiger partial charge in [0.1, 0.15) is 0 Å². The molecule has 1 heterocycles. The molecule has 4 nitrogen and oxygen atoms in total. The summed E-state index contributed by atoms with van der Waals surface area (Å²) in [5, 5.41) is 9.33. The summed E-state index contributed by atoms with van der Waals surface area (Å²) >= 11 is 0. The fraction of sp³-hybridized carbons (Fsp3) is 0.562. The first kappa shape index (κ1) is 13.6. The molecule has 1 fully saturated rings. The van der Waals surface area contributed by atoms with Gasteiger partial charge in [0.05, 0.1) is 24.2 Å². The van der Waals surface area contributed by atoms with Crippen LogP contribution in [0.1, 0.15) is 30.9 Å². The molecule has 0 saturated carbocycles. The van der Waals surface area contributed by atoms with Crippen molar-refractivity contribution in [2.45, 2.75) is 37.9 Å². The lowest BCUT2D eigenvalue weighted by Crippen LogP contribution is -2.57. The molecule has 0 bridgehead atoms. The van der Waals surface area contributed by atoms with Crippen LogP contribution in [0, 0.1) is 0 Å². The first-order valence-corrected chi connectivity index (χ1v) is 7.15. The fourth-order valence-corrected chi connectivity index (χ4v) is 3.26. The highest BCUT2D eigenvalue weighted by atomic mass is 16.5. The molecular formula is C16H21NO3. The minimum Gasteiger partial charge on any atom is -0.394 e. The molecule has 4 heteroatoms. The average Bonchev–Trinajstić information content (AvgIpc) is 2.38. The van der Waals surface area contributed by atoms with Crippen molar-refractivity contribution in [2.24, 2.45) is 0 Å². The van der Waals surface area contributed by atoms with Gasteiger partial charge >= 0.3 is 0 Å². The van der Waals surface area contributed by atoms with Gasteiger partial charge in [-0.05, 0) is 31.4 Å². The number of benzene rings is 1. The third-order valence-corrected chi connectivity index (χ3v) is 4.15. The standard InChI is InChI=1S/C16H21NO3/c1-16(2)10-17(8-12(9-18)20-16)15(19)14-7-11-5-3-4-6-13(11)14/h3-6,12,14,18H,7-10H2,1-2H3. The van der Waals surface area contributed by atoms with E-state index < -0.39 is 5.60 Å². The van der Waals surface area contributed by atoms with Crippen LogP contribution in [-0.2, 0) is 16.0 Å². The molecule has 1 aliphatic carbocycles. The van der Waals surface area contributed by atoms with Crippen LogP contribution in [0.2, 0.25) is 0 Å². The third-order valence-electron chi connectivity index (χ3n) is 4.15. The van der Waals surface area contributed by atoms with E-state index >= 15 is 0 Å². The Hall–Kier alpha value is -1.39. The Morgan fingerprint density at radius 2 is 2.20 bits per heavy atom. The molecule has 2 aliphatic rings. The third kappa shape index (κ3) is 2.34. The minimum absolute atomic E-state index is 0.0144. The zero-order valence-corrected chi connectivity index (χ0v) is 12.0. The molecule has 0 aromatic heterocycles. The Balaban J connectivity index is 1.75. The molecule has 20 heavy (non-hydrogen) atoms. The van der Waals surface area contributed by atoms with Crippen molar-refractivity contribution in [3.05, 3.63) is 35.4 Å². The summed E-state index contributed by atoms with van der Waals surface area (Å²) in [7, 11) is 0. The maximum absolute atomic E-state index is 12.7. The smallest absolute Gasteiger partial charge is 0.230 e. The van der Waals surface area contributed by atoms with Crippen LogP contribution in [0.25, 0.3) is 0 Å². The number of nitrogens with zero attached hydrogens (tertiary/aromatic N) is 1. The van der Waals surface area contributed by atoms with Crippen LogP contribution in [0.4, 0.5) is 0 Å². The van der Waals surface area contributed by atoms with E-state index in [2.05, 4.69) is 6.07 Å². The quantitative estimate of drug-likeness (QED) is 0.885. The highest BCUT2D eigenvalue weighted by Crippen LogP contribution is 2.37. The number of hydrogen-bond donors (Lipinski definition) is 1. The SMILES string of the molecule is CC1(C)CN(C(=O)C2Cc3ccccc32)CC(CO)O1. The molecule has 1 amide bonds. The van der Waals surface area contributed by atoms with E-state index in [1.54, 1.807) is 0 Å². The van der Waals surface area contributed by atoms with Crippen LogP contribution >= 0.6 is 0 Å². The van der Waals surface area contributed by atoms with Gasteiger partial charge in [0.2, 0.25) is 5.91 Å². The van der Waals surface area contributed by atoms with Crippen molar-refractivity contribution < 1.29 is 14.6 Å². The molecule has 0 radical (unpaired) electrons. The Morgan fingerprint density at radius 3 is 2.90 bits per heavy atom. The number of hydrogen-bond acceptors (Lipinski definition) is 3. The number of amides is 1. The van der Waals surface area contributed by atoms with E-state index in [0.717, 1.165) is 12.0 Å². The Morgan fingerprint density at radius 1 is 1.45 bits per heavy atom. The lowest BCUT2D eigenvalue weighted by molar-refractivity contribution is -0.168. The van der Waals surface area contributed by atoms with Crippen molar-refractivity contribution in [1.82, 2.24) is 4.90 Å². The lowest BCUT2D eigenvalue weighted by Gasteiger charge is -2.44. The van der Waals surface area contributed by atoms with Gasteiger partial charge in [-0.15, -0.1) is 0 Å². The number of morpholine rings is 1. The topological polar surface area (TPSA) is 49.8 Å². The number of aliphatic hydroxyl groups excluding tert-OH is 1. The molecule has 2 unspecified atom stereocenters. The number of fused-ring (bicyclic) bond motifs is 1. The van der Waals surface area contributed by atoms with Gasteiger partial charge in [-0.25, -0.2) is 0 Å². The van der Waals surface area contributed by atoms with E-state index in [-0.39, 0.29) is 24.5 Å². The van der Waals surface area contributed by atoms with Gasteiger partial charge in [0.15, 0.2) is 0 Å². The summed E-state index contributed by atoms with van der Waals surface area (Å²) in [6, 6.07) is 8.12. The Labute approximate surface area is 119 Å². The first-order chi connectivity index (χ1) is 9.50. The number of ether oxygens (including phenoxy) is 1. The van der Waals surface area contributed by atoms with Gasteiger partial charge in [-0.3, -0.25) is 4.79 Å². The van der Waals surface area contributed by atoms with Gasteiger partial charge < -0.3 is 14.7 Å². The zero-order chi connectivity index (χ0) is 14.3. The van der Waals surface area contributed by atoms with Crippen LogP contribution in [0.5, 0.6) is 0 Å². The number of carbonyl (C=O) groups excluding carboxylic acids is 1. The van der Waals surface area contributed by atoms with Crippen molar-refractivity contribution in [3.63, 3.8) is 0 Å². The molecule has 2 atom stereocenters. The summed E-state index contributed by atoms with van der Waals surface area (Å²) in [6.45, 7) is 4.94.